The number of sulfonamides is 1. The van der Waals surface area contributed by atoms with E-state index in [9.17, 15) is 8.42 Å². The molecule has 0 radical (unpaired) electrons. The standard InChI is InChI=1S/C19H17Cl2N3O2S/c1-23-10-14(9-22-23)17-12-24(11-13-4-2-3-5-16(13)17)27(25,26)19-8-15(20)6-7-18(19)21/h2-10,17H,11-12H2,1H3. The maximum absolute atomic E-state index is 13.3. The van der Waals surface area contributed by atoms with Crippen molar-refractivity contribution >= 4 is 33.2 Å². The number of rotatable bonds is 3. The summed E-state index contributed by atoms with van der Waals surface area (Å²) in [6.45, 7) is 0.603. The van der Waals surface area contributed by atoms with E-state index < -0.39 is 10.0 Å². The molecule has 4 rings (SSSR count). The van der Waals surface area contributed by atoms with E-state index in [0.29, 0.717) is 11.6 Å². The molecule has 2 aromatic carbocycles. The molecule has 0 bridgehead atoms. The van der Waals surface area contributed by atoms with Crippen molar-refractivity contribution in [3.8, 4) is 0 Å². The number of fused-ring (bicyclic) bond motifs is 1. The second-order valence-corrected chi connectivity index (χ2v) is 9.32. The molecule has 0 saturated carbocycles. The lowest BCUT2D eigenvalue weighted by Gasteiger charge is -2.33. The van der Waals surface area contributed by atoms with Crippen LogP contribution in [-0.4, -0.2) is 29.0 Å². The van der Waals surface area contributed by atoms with Gasteiger partial charge in [-0.1, -0.05) is 47.5 Å². The maximum atomic E-state index is 13.3. The van der Waals surface area contributed by atoms with Crippen molar-refractivity contribution in [2.75, 3.05) is 6.54 Å². The van der Waals surface area contributed by atoms with Gasteiger partial charge in [0.05, 0.1) is 11.2 Å². The fourth-order valence-electron chi connectivity index (χ4n) is 3.48. The Bertz CT molecular complexity index is 1110. The molecule has 27 heavy (non-hydrogen) atoms. The number of halogens is 2. The van der Waals surface area contributed by atoms with E-state index in [-0.39, 0.29) is 22.4 Å². The normalized spacial score (nSPS) is 17.7. The zero-order chi connectivity index (χ0) is 19.2. The molecular formula is C19H17Cl2N3O2S. The Morgan fingerprint density at radius 3 is 2.67 bits per heavy atom. The van der Waals surface area contributed by atoms with E-state index in [1.165, 1.54) is 16.4 Å². The first-order chi connectivity index (χ1) is 12.9. The summed E-state index contributed by atoms with van der Waals surface area (Å²) in [6, 6.07) is 12.4. The Hall–Kier alpha value is -1.86. The molecule has 140 valence electrons. The Labute approximate surface area is 168 Å². The van der Waals surface area contributed by atoms with Crippen LogP contribution in [0.5, 0.6) is 0 Å². The van der Waals surface area contributed by atoms with Crippen LogP contribution in [0.25, 0.3) is 0 Å². The summed E-state index contributed by atoms with van der Waals surface area (Å²) in [5.74, 6) is -0.101. The molecule has 3 aromatic rings. The maximum Gasteiger partial charge on any atom is 0.244 e. The van der Waals surface area contributed by atoms with Crippen molar-refractivity contribution in [3.63, 3.8) is 0 Å². The molecule has 0 N–H and O–H groups in total. The second-order valence-electron chi connectivity index (χ2n) is 6.57. The molecule has 5 nitrogen and oxygen atoms in total. The van der Waals surface area contributed by atoms with Gasteiger partial charge in [-0.2, -0.15) is 9.40 Å². The van der Waals surface area contributed by atoms with E-state index in [1.54, 1.807) is 16.9 Å². The lowest BCUT2D eigenvalue weighted by Crippen LogP contribution is -2.38. The number of aryl methyl sites for hydroxylation is 1. The number of nitrogens with zero attached hydrogens (tertiary/aromatic N) is 3. The number of aromatic nitrogens is 2. The molecule has 1 aliphatic heterocycles. The van der Waals surface area contributed by atoms with E-state index >= 15 is 0 Å². The molecule has 0 amide bonds. The SMILES string of the molecule is Cn1cc(C2CN(S(=O)(=O)c3cc(Cl)ccc3Cl)Cc3ccccc32)cn1. The summed E-state index contributed by atoms with van der Waals surface area (Å²) < 4.78 is 29.8. The van der Waals surface area contributed by atoms with Crippen molar-refractivity contribution < 1.29 is 8.42 Å². The van der Waals surface area contributed by atoms with Crippen molar-refractivity contribution in [2.45, 2.75) is 17.4 Å². The van der Waals surface area contributed by atoms with E-state index in [0.717, 1.165) is 16.7 Å². The Kier molecular flexibility index (Phi) is 4.76. The van der Waals surface area contributed by atoms with Gasteiger partial charge in [-0.05, 0) is 34.9 Å². The van der Waals surface area contributed by atoms with Crippen LogP contribution >= 0.6 is 23.2 Å². The predicted octanol–water partition coefficient (Wildman–Crippen LogP) is 4.06. The van der Waals surface area contributed by atoms with Crippen LogP contribution in [0.3, 0.4) is 0 Å². The molecular weight excluding hydrogens is 405 g/mol. The van der Waals surface area contributed by atoms with E-state index in [4.69, 9.17) is 23.2 Å². The first kappa shape index (κ1) is 18.5. The molecule has 0 fully saturated rings. The fourth-order valence-corrected chi connectivity index (χ4v) is 5.65. The lowest BCUT2D eigenvalue weighted by molar-refractivity contribution is 0.371. The van der Waals surface area contributed by atoms with Gasteiger partial charge >= 0.3 is 0 Å². The lowest BCUT2D eigenvalue weighted by atomic mass is 9.87. The minimum Gasteiger partial charge on any atom is -0.276 e. The fraction of sp³-hybridized carbons (Fsp3) is 0.211. The van der Waals surface area contributed by atoms with Gasteiger partial charge in [0, 0.05) is 37.3 Å². The Morgan fingerprint density at radius 1 is 1.15 bits per heavy atom. The second kappa shape index (κ2) is 6.95. The van der Waals surface area contributed by atoms with Crippen LogP contribution in [-0.2, 0) is 23.6 Å². The molecule has 0 aliphatic carbocycles. The molecule has 0 spiro atoms. The quantitative estimate of drug-likeness (QED) is 0.640. The highest BCUT2D eigenvalue weighted by Crippen LogP contribution is 2.37. The molecule has 2 heterocycles. The van der Waals surface area contributed by atoms with Crippen molar-refractivity contribution in [3.05, 3.63) is 81.6 Å². The molecule has 8 heteroatoms. The van der Waals surface area contributed by atoms with Crippen molar-refractivity contribution in [1.29, 1.82) is 0 Å². The zero-order valence-corrected chi connectivity index (χ0v) is 16.8. The largest absolute Gasteiger partial charge is 0.276 e. The first-order valence-corrected chi connectivity index (χ1v) is 10.6. The third-order valence-electron chi connectivity index (χ3n) is 4.80. The van der Waals surface area contributed by atoms with Gasteiger partial charge in [0.1, 0.15) is 4.90 Å². The molecule has 1 aliphatic rings. The van der Waals surface area contributed by atoms with Crippen LogP contribution in [0.15, 0.2) is 59.8 Å². The van der Waals surface area contributed by atoms with Gasteiger partial charge in [-0.25, -0.2) is 8.42 Å². The summed E-state index contributed by atoms with van der Waals surface area (Å²) >= 11 is 12.2. The summed E-state index contributed by atoms with van der Waals surface area (Å²) in [6.07, 6.45) is 3.70. The first-order valence-electron chi connectivity index (χ1n) is 8.38. The number of hydrogen-bond acceptors (Lipinski definition) is 3. The van der Waals surface area contributed by atoms with Gasteiger partial charge in [0.15, 0.2) is 0 Å². The highest BCUT2D eigenvalue weighted by molar-refractivity contribution is 7.89. The summed E-state index contributed by atoms with van der Waals surface area (Å²) in [4.78, 5) is 0.0287. The Balaban J connectivity index is 1.80. The molecule has 0 saturated heterocycles. The number of benzene rings is 2. The highest BCUT2D eigenvalue weighted by Gasteiger charge is 2.35. The summed E-state index contributed by atoms with van der Waals surface area (Å²) in [5, 5.41) is 4.74. The van der Waals surface area contributed by atoms with Gasteiger partial charge in [-0.15, -0.1) is 0 Å². The monoisotopic (exact) mass is 421 g/mol. The minimum absolute atomic E-state index is 0.0287. The van der Waals surface area contributed by atoms with E-state index in [2.05, 4.69) is 5.10 Å². The van der Waals surface area contributed by atoms with E-state index in [1.807, 2.05) is 37.5 Å². The number of hydrogen-bond donors (Lipinski definition) is 0. The van der Waals surface area contributed by atoms with Crippen LogP contribution in [0.4, 0.5) is 0 Å². The zero-order valence-electron chi connectivity index (χ0n) is 14.5. The molecule has 1 aromatic heterocycles. The average molecular weight is 422 g/mol. The molecule has 1 unspecified atom stereocenters. The molecule has 1 atom stereocenters. The van der Waals surface area contributed by atoms with Crippen molar-refractivity contribution in [1.82, 2.24) is 14.1 Å². The van der Waals surface area contributed by atoms with Crippen LogP contribution in [0, 0.1) is 0 Å². The third kappa shape index (κ3) is 3.38. The summed E-state index contributed by atoms with van der Waals surface area (Å²) in [5.41, 5.74) is 3.07. The van der Waals surface area contributed by atoms with Gasteiger partial charge < -0.3 is 0 Å². The Morgan fingerprint density at radius 2 is 1.93 bits per heavy atom. The van der Waals surface area contributed by atoms with Gasteiger partial charge in [0.25, 0.3) is 0 Å². The summed E-state index contributed by atoms with van der Waals surface area (Å²) in [7, 11) is -1.96. The van der Waals surface area contributed by atoms with Crippen LogP contribution < -0.4 is 0 Å². The predicted molar refractivity (Wildman–Crippen MR) is 106 cm³/mol. The minimum atomic E-state index is -3.80. The van der Waals surface area contributed by atoms with Crippen molar-refractivity contribution in [2.24, 2.45) is 7.05 Å². The third-order valence-corrected chi connectivity index (χ3v) is 7.33. The van der Waals surface area contributed by atoms with Crippen LogP contribution in [0.2, 0.25) is 10.0 Å². The smallest absolute Gasteiger partial charge is 0.244 e. The van der Waals surface area contributed by atoms with Gasteiger partial charge in [0.2, 0.25) is 10.0 Å². The highest BCUT2D eigenvalue weighted by atomic mass is 35.5. The topological polar surface area (TPSA) is 55.2 Å². The van der Waals surface area contributed by atoms with Gasteiger partial charge in [-0.3, -0.25) is 4.68 Å². The average Bonchev–Trinajstić information content (AvgIpc) is 3.09. The van der Waals surface area contributed by atoms with Crippen LogP contribution in [0.1, 0.15) is 22.6 Å².